The van der Waals surface area contributed by atoms with Crippen molar-refractivity contribution in [1.82, 2.24) is 24.0 Å². The first-order valence-corrected chi connectivity index (χ1v) is 14.6. The van der Waals surface area contributed by atoms with Crippen LogP contribution >= 0.6 is 22.9 Å². The molecule has 1 aromatic carbocycles. The second kappa shape index (κ2) is 11.2. The third-order valence-electron chi connectivity index (χ3n) is 7.25. The Morgan fingerprint density at radius 1 is 1.13 bits per heavy atom. The van der Waals surface area contributed by atoms with Crippen LogP contribution in [-0.2, 0) is 6.54 Å². The number of likely N-dealkylation sites (tertiary alicyclic amines) is 1. The molecule has 0 unspecified atom stereocenters. The molecule has 1 aliphatic heterocycles. The standard InChI is InChI=1S/C29H34ClN5O3S/c1-17(2)33-9-6-7-21(14-33)38-27-19(5)11-20(30)12-23(27)26-28-24(31-16-32-26)13-22(39-28)15-35-25(36)8-10-34(18(3)4)29(35)37/h8,10-13,16-18,21H,6-7,9,14-15H2,1-5H3/t21-/m0/s1. The number of nitrogens with zero attached hydrogens (tertiary/aromatic N) is 5. The number of rotatable bonds is 7. The number of halogens is 1. The number of thiophene rings is 1. The first-order chi connectivity index (χ1) is 18.6. The zero-order valence-electron chi connectivity index (χ0n) is 23.0. The molecule has 0 saturated carbocycles. The molecule has 1 atom stereocenters. The number of hydrogen-bond acceptors (Lipinski definition) is 7. The van der Waals surface area contributed by atoms with Gasteiger partial charge in [0.1, 0.15) is 18.2 Å². The minimum absolute atomic E-state index is 0.0505. The molecule has 3 aromatic heterocycles. The lowest BCUT2D eigenvalue weighted by Gasteiger charge is -2.36. The van der Waals surface area contributed by atoms with Crippen molar-refractivity contribution < 1.29 is 4.74 Å². The van der Waals surface area contributed by atoms with E-state index in [1.807, 2.05) is 39.0 Å². The molecule has 0 N–H and O–H groups in total. The van der Waals surface area contributed by atoms with Crippen LogP contribution in [0.25, 0.3) is 21.5 Å². The van der Waals surface area contributed by atoms with Crippen LogP contribution in [0.5, 0.6) is 5.75 Å². The molecule has 4 heterocycles. The Kier molecular flexibility index (Phi) is 7.94. The van der Waals surface area contributed by atoms with Crippen LogP contribution in [0.4, 0.5) is 0 Å². The molecular weight excluding hydrogens is 534 g/mol. The molecule has 0 aliphatic carbocycles. The van der Waals surface area contributed by atoms with Gasteiger partial charge in [0.05, 0.1) is 22.5 Å². The van der Waals surface area contributed by atoms with Crippen molar-refractivity contribution in [2.24, 2.45) is 0 Å². The number of hydrogen-bond donors (Lipinski definition) is 0. The summed E-state index contributed by atoms with van der Waals surface area (Å²) in [5.41, 5.74) is 2.60. The Bertz CT molecular complexity index is 1620. The topological polar surface area (TPSA) is 82.2 Å². The monoisotopic (exact) mass is 567 g/mol. The van der Waals surface area contributed by atoms with Gasteiger partial charge in [-0.2, -0.15) is 0 Å². The highest BCUT2D eigenvalue weighted by Crippen LogP contribution is 2.41. The number of piperidine rings is 1. The van der Waals surface area contributed by atoms with Gasteiger partial charge in [0.25, 0.3) is 5.56 Å². The largest absolute Gasteiger partial charge is 0.488 e. The van der Waals surface area contributed by atoms with Gasteiger partial charge in [0.2, 0.25) is 0 Å². The van der Waals surface area contributed by atoms with E-state index in [9.17, 15) is 9.59 Å². The summed E-state index contributed by atoms with van der Waals surface area (Å²) >= 11 is 8.02. The van der Waals surface area contributed by atoms with Crippen molar-refractivity contribution in [3.05, 3.63) is 73.1 Å². The van der Waals surface area contributed by atoms with Gasteiger partial charge in [-0.25, -0.2) is 14.8 Å². The van der Waals surface area contributed by atoms with Crippen molar-refractivity contribution in [2.75, 3.05) is 13.1 Å². The minimum atomic E-state index is -0.329. The van der Waals surface area contributed by atoms with Crippen LogP contribution in [0.2, 0.25) is 5.02 Å². The summed E-state index contributed by atoms with van der Waals surface area (Å²) in [4.78, 5) is 38.0. The van der Waals surface area contributed by atoms with Crippen molar-refractivity contribution >= 4 is 33.2 Å². The Balaban J connectivity index is 1.55. The van der Waals surface area contributed by atoms with E-state index >= 15 is 0 Å². The third kappa shape index (κ3) is 5.66. The van der Waals surface area contributed by atoms with Crippen LogP contribution in [0, 0.1) is 6.92 Å². The molecule has 1 fully saturated rings. The lowest BCUT2D eigenvalue weighted by Crippen LogP contribution is -2.44. The molecule has 8 nitrogen and oxygen atoms in total. The van der Waals surface area contributed by atoms with E-state index in [1.54, 1.807) is 10.8 Å². The third-order valence-corrected chi connectivity index (χ3v) is 8.58. The van der Waals surface area contributed by atoms with Gasteiger partial charge in [-0.3, -0.25) is 18.8 Å². The zero-order chi connectivity index (χ0) is 27.8. The quantitative estimate of drug-likeness (QED) is 0.292. The van der Waals surface area contributed by atoms with Gasteiger partial charge in [0.15, 0.2) is 0 Å². The van der Waals surface area contributed by atoms with Gasteiger partial charge in [-0.1, -0.05) is 11.6 Å². The van der Waals surface area contributed by atoms with Gasteiger partial charge >= 0.3 is 5.69 Å². The Morgan fingerprint density at radius 2 is 1.92 bits per heavy atom. The lowest BCUT2D eigenvalue weighted by atomic mass is 10.0. The molecule has 0 bridgehead atoms. The van der Waals surface area contributed by atoms with Crippen LogP contribution in [-0.4, -0.2) is 49.2 Å². The van der Waals surface area contributed by atoms with Crippen LogP contribution < -0.4 is 16.0 Å². The minimum Gasteiger partial charge on any atom is -0.488 e. The summed E-state index contributed by atoms with van der Waals surface area (Å²) in [6, 6.07) is 7.59. The smallest absolute Gasteiger partial charge is 0.331 e. The molecular formula is C29H34ClN5O3S. The van der Waals surface area contributed by atoms with E-state index in [2.05, 4.69) is 28.7 Å². The number of fused-ring (bicyclic) bond motifs is 1. The molecule has 206 valence electrons. The number of ether oxygens (including phenoxy) is 1. The Morgan fingerprint density at radius 3 is 2.67 bits per heavy atom. The van der Waals surface area contributed by atoms with E-state index in [4.69, 9.17) is 16.3 Å². The van der Waals surface area contributed by atoms with E-state index in [0.717, 1.165) is 63.6 Å². The average Bonchev–Trinajstić information content (AvgIpc) is 3.31. The van der Waals surface area contributed by atoms with E-state index in [0.29, 0.717) is 11.1 Å². The predicted molar refractivity (Wildman–Crippen MR) is 157 cm³/mol. The second-order valence-corrected chi connectivity index (χ2v) is 12.3. The molecule has 4 aromatic rings. The van der Waals surface area contributed by atoms with Crippen LogP contribution in [0.3, 0.4) is 0 Å². The van der Waals surface area contributed by atoms with Gasteiger partial charge in [0, 0.05) is 46.4 Å². The fourth-order valence-electron chi connectivity index (χ4n) is 5.16. The predicted octanol–water partition coefficient (Wildman–Crippen LogP) is 5.52. The first-order valence-electron chi connectivity index (χ1n) is 13.4. The van der Waals surface area contributed by atoms with Crippen molar-refractivity contribution in [3.8, 4) is 17.0 Å². The zero-order valence-corrected chi connectivity index (χ0v) is 24.6. The van der Waals surface area contributed by atoms with Gasteiger partial charge in [-0.15, -0.1) is 11.3 Å². The second-order valence-electron chi connectivity index (χ2n) is 10.7. The number of benzene rings is 1. The van der Waals surface area contributed by atoms with Crippen molar-refractivity contribution in [1.29, 1.82) is 0 Å². The highest BCUT2D eigenvalue weighted by molar-refractivity contribution is 7.19. The van der Waals surface area contributed by atoms with Gasteiger partial charge in [-0.05, 0) is 77.8 Å². The first kappa shape index (κ1) is 27.6. The molecule has 1 saturated heterocycles. The summed E-state index contributed by atoms with van der Waals surface area (Å²) in [6.45, 7) is 12.4. The molecule has 1 aliphatic rings. The molecule has 0 radical (unpaired) electrons. The van der Waals surface area contributed by atoms with E-state index in [1.165, 1.54) is 28.3 Å². The average molecular weight is 568 g/mol. The van der Waals surface area contributed by atoms with E-state index < -0.39 is 0 Å². The van der Waals surface area contributed by atoms with Crippen LogP contribution in [0.1, 0.15) is 57.0 Å². The van der Waals surface area contributed by atoms with Gasteiger partial charge < -0.3 is 4.74 Å². The molecule has 0 amide bonds. The normalized spacial score (nSPS) is 16.5. The molecule has 5 rings (SSSR count). The molecule has 39 heavy (non-hydrogen) atoms. The highest BCUT2D eigenvalue weighted by atomic mass is 35.5. The molecule has 0 spiro atoms. The van der Waals surface area contributed by atoms with Crippen molar-refractivity contribution in [3.63, 3.8) is 0 Å². The SMILES string of the molecule is Cc1cc(Cl)cc(-c2ncnc3cc(Cn4c(=O)ccn(C(C)C)c4=O)sc23)c1O[C@H]1CCCN(C(C)C)C1. The maximum absolute atomic E-state index is 13.0. The summed E-state index contributed by atoms with van der Waals surface area (Å²) in [7, 11) is 0. The summed E-state index contributed by atoms with van der Waals surface area (Å²) in [6.07, 6.45) is 5.25. The molecule has 10 heteroatoms. The fraction of sp³-hybridized carbons (Fsp3) is 0.448. The summed E-state index contributed by atoms with van der Waals surface area (Å²) < 4.78 is 10.4. The maximum Gasteiger partial charge on any atom is 0.331 e. The lowest BCUT2D eigenvalue weighted by molar-refractivity contribution is 0.0706. The van der Waals surface area contributed by atoms with Crippen molar-refractivity contribution in [2.45, 2.75) is 72.2 Å². The van der Waals surface area contributed by atoms with E-state index in [-0.39, 0.29) is 29.9 Å². The number of aryl methyl sites for hydroxylation is 1. The Hall–Kier alpha value is -3.01. The Labute approximate surface area is 236 Å². The maximum atomic E-state index is 13.0. The summed E-state index contributed by atoms with van der Waals surface area (Å²) in [5, 5.41) is 0.607. The fourth-order valence-corrected chi connectivity index (χ4v) is 6.53. The highest BCUT2D eigenvalue weighted by Gasteiger charge is 2.26. The summed E-state index contributed by atoms with van der Waals surface area (Å²) in [5.74, 6) is 0.782. The van der Waals surface area contributed by atoms with Crippen LogP contribution in [0.15, 0.2) is 46.4 Å². The number of aromatic nitrogens is 4.